The number of rotatable bonds is 4. The van der Waals surface area contributed by atoms with Gasteiger partial charge in [-0.3, -0.25) is 10.1 Å². The number of benzene rings is 1. The molecule has 0 aliphatic heterocycles. The minimum atomic E-state index is -0.631. The molecular weight excluding hydrogens is 316 g/mol. The summed E-state index contributed by atoms with van der Waals surface area (Å²) in [5.74, 6) is 0.0629. The van der Waals surface area contributed by atoms with Crippen LogP contribution in [0.15, 0.2) is 29.4 Å². The number of nitro benzene ring substituents is 1. The lowest BCUT2D eigenvalue weighted by molar-refractivity contribution is -0.385. The van der Waals surface area contributed by atoms with E-state index < -0.39 is 4.92 Å². The molecule has 1 heterocycles. The Morgan fingerprint density at radius 1 is 1.43 bits per heavy atom. The molecule has 2 rings (SSSR count). The van der Waals surface area contributed by atoms with E-state index in [1.165, 1.54) is 30.0 Å². The second-order valence-corrected chi connectivity index (χ2v) is 4.83. The van der Waals surface area contributed by atoms with E-state index in [1.54, 1.807) is 6.26 Å². The molecule has 0 saturated carbocycles. The molecule has 1 aromatic carbocycles. The zero-order valence-electron chi connectivity index (χ0n) is 10.6. The molecule has 1 aromatic heterocycles. The Balaban J connectivity index is 2.42. The predicted octanol–water partition coefficient (Wildman–Crippen LogP) is 3.42. The molecule has 0 spiro atoms. The number of nitrogens with zero attached hydrogens (tertiary/aromatic N) is 4. The summed E-state index contributed by atoms with van der Waals surface area (Å²) in [7, 11) is 0. The Hall–Kier alpha value is -2.37. The molecule has 0 aliphatic rings. The van der Waals surface area contributed by atoms with Crippen LogP contribution in [0.4, 0.5) is 5.69 Å². The van der Waals surface area contributed by atoms with E-state index in [1.807, 2.05) is 6.07 Å². The zero-order chi connectivity index (χ0) is 15.4. The van der Waals surface area contributed by atoms with Gasteiger partial charge in [0.05, 0.1) is 16.6 Å². The molecule has 0 atom stereocenters. The number of aromatic nitrogens is 2. The number of nitriles is 1. The maximum absolute atomic E-state index is 11.0. The van der Waals surface area contributed by atoms with Gasteiger partial charge in [-0.15, -0.1) is 0 Å². The largest absolute Gasteiger partial charge is 0.432 e. The lowest BCUT2D eigenvalue weighted by atomic mass is 10.2. The zero-order valence-corrected chi connectivity index (χ0v) is 12.2. The summed E-state index contributed by atoms with van der Waals surface area (Å²) in [6, 6.07) is 7.07. The maximum Gasteiger partial charge on any atom is 0.312 e. The van der Waals surface area contributed by atoms with E-state index in [0.29, 0.717) is 5.16 Å². The van der Waals surface area contributed by atoms with Gasteiger partial charge >= 0.3 is 5.69 Å². The summed E-state index contributed by atoms with van der Waals surface area (Å²) < 4.78 is 5.39. The van der Waals surface area contributed by atoms with Gasteiger partial charge in [-0.25, -0.2) is 4.98 Å². The van der Waals surface area contributed by atoms with Crippen LogP contribution in [0.2, 0.25) is 5.15 Å². The third-order valence-electron chi connectivity index (χ3n) is 2.33. The van der Waals surface area contributed by atoms with Crippen LogP contribution < -0.4 is 4.74 Å². The van der Waals surface area contributed by atoms with Gasteiger partial charge in [0.2, 0.25) is 11.6 Å². The van der Waals surface area contributed by atoms with Crippen LogP contribution in [-0.2, 0) is 0 Å². The Kier molecular flexibility index (Phi) is 4.57. The van der Waals surface area contributed by atoms with Gasteiger partial charge in [-0.2, -0.15) is 10.2 Å². The van der Waals surface area contributed by atoms with Crippen LogP contribution in [0, 0.1) is 21.4 Å². The average Bonchev–Trinajstić information content (AvgIpc) is 2.46. The molecule has 0 saturated heterocycles. The summed E-state index contributed by atoms with van der Waals surface area (Å²) in [5.41, 5.74) is -0.158. The molecule has 2 aromatic rings. The van der Waals surface area contributed by atoms with Gasteiger partial charge in [0, 0.05) is 12.1 Å². The van der Waals surface area contributed by atoms with Crippen LogP contribution in [0.3, 0.4) is 0 Å². The Morgan fingerprint density at radius 2 is 2.19 bits per heavy atom. The van der Waals surface area contributed by atoms with Crippen molar-refractivity contribution in [3.05, 3.63) is 45.1 Å². The molecular formula is C12H7ClN4O3S. The van der Waals surface area contributed by atoms with Crippen LogP contribution >= 0.6 is 23.4 Å². The van der Waals surface area contributed by atoms with E-state index in [9.17, 15) is 10.1 Å². The van der Waals surface area contributed by atoms with Crippen molar-refractivity contribution in [3.63, 3.8) is 0 Å². The molecule has 0 N–H and O–H groups in total. The third-order valence-corrected chi connectivity index (χ3v) is 3.07. The fourth-order valence-corrected chi connectivity index (χ4v) is 2.04. The van der Waals surface area contributed by atoms with E-state index in [2.05, 4.69) is 9.97 Å². The summed E-state index contributed by atoms with van der Waals surface area (Å²) >= 11 is 7.08. The maximum atomic E-state index is 11.0. The topological polar surface area (TPSA) is 102 Å². The number of thioether (sulfide) groups is 1. The van der Waals surface area contributed by atoms with E-state index in [0.717, 1.165) is 6.07 Å². The van der Waals surface area contributed by atoms with E-state index in [-0.39, 0.29) is 28.0 Å². The standard InChI is InChI=1S/C12H7ClN4O3S/c1-21-12-15-10(13)5-11(16-12)20-9-3-2-7(6-14)4-8(9)17(18)19/h2-5H,1H3. The van der Waals surface area contributed by atoms with Crippen LogP contribution in [0.25, 0.3) is 0 Å². The van der Waals surface area contributed by atoms with Crippen molar-refractivity contribution >= 4 is 29.1 Å². The Morgan fingerprint density at radius 3 is 2.81 bits per heavy atom. The lowest BCUT2D eigenvalue weighted by Crippen LogP contribution is -1.97. The van der Waals surface area contributed by atoms with Crippen LogP contribution in [0.1, 0.15) is 5.56 Å². The number of hydrogen-bond acceptors (Lipinski definition) is 7. The minimum Gasteiger partial charge on any atom is -0.432 e. The first-order chi connectivity index (χ1) is 10.0. The monoisotopic (exact) mass is 322 g/mol. The van der Waals surface area contributed by atoms with E-state index in [4.69, 9.17) is 21.6 Å². The first-order valence-corrected chi connectivity index (χ1v) is 7.08. The highest BCUT2D eigenvalue weighted by Crippen LogP contribution is 2.32. The Labute approximate surface area is 128 Å². The summed E-state index contributed by atoms with van der Waals surface area (Å²) in [6.07, 6.45) is 1.76. The molecule has 0 aliphatic carbocycles. The van der Waals surface area contributed by atoms with Crippen molar-refractivity contribution in [1.29, 1.82) is 5.26 Å². The van der Waals surface area contributed by atoms with Gasteiger partial charge < -0.3 is 4.74 Å². The fraction of sp³-hybridized carbons (Fsp3) is 0.0833. The smallest absolute Gasteiger partial charge is 0.312 e. The van der Waals surface area contributed by atoms with Crippen LogP contribution in [0.5, 0.6) is 11.6 Å². The quantitative estimate of drug-likeness (QED) is 0.279. The Bertz CT molecular complexity index is 748. The van der Waals surface area contributed by atoms with Gasteiger partial charge in [0.25, 0.3) is 0 Å². The second-order valence-electron chi connectivity index (χ2n) is 3.67. The number of nitro groups is 1. The van der Waals surface area contributed by atoms with Crippen molar-refractivity contribution in [2.45, 2.75) is 5.16 Å². The number of ether oxygens (including phenoxy) is 1. The first-order valence-electron chi connectivity index (χ1n) is 5.48. The molecule has 0 unspecified atom stereocenters. The highest BCUT2D eigenvalue weighted by atomic mass is 35.5. The molecule has 0 bridgehead atoms. The van der Waals surface area contributed by atoms with Crippen molar-refractivity contribution in [2.75, 3.05) is 6.26 Å². The molecule has 0 radical (unpaired) electrons. The highest BCUT2D eigenvalue weighted by Gasteiger charge is 2.18. The van der Waals surface area contributed by atoms with Gasteiger partial charge in [-0.1, -0.05) is 23.4 Å². The SMILES string of the molecule is CSc1nc(Cl)cc(Oc2ccc(C#N)cc2[N+](=O)[O-])n1. The van der Waals surface area contributed by atoms with Crippen molar-refractivity contribution in [3.8, 4) is 17.7 Å². The molecule has 0 fully saturated rings. The fourth-order valence-electron chi connectivity index (χ4n) is 1.45. The lowest BCUT2D eigenvalue weighted by Gasteiger charge is -2.06. The second kappa shape index (κ2) is 6.39. The normalized spacial score (nSPS) is 9.95. The van der Waals surface area contributed by atoms with E-state index >= 15 is 0 Å². The van der Waals surface area contributed by atoms with Gasteiger partial charge in [-0.05, 0) is 18.4 Å². The van der Waals surface area contributed by atoms with Gasteiger partial charge in [0.15, 0.2) is 5.16 Å². The summed E-state index contributed by atoms with van der Waals surface area (Å²) in [4.78, 5) is 18.4. The molecule has 0 amide bonds. The van der Waals surface area contributed by atoms with Crippen molar-refractivity contribution < 1.29 is 9.66 Å². The van der Waals surface area contributed by atoms with Crippen molar-refractivity contribution in [2.24, 2.45) is 0 Å². The van der Waals surface area contributed by atoms with Crippen molar-refractivity contribution in [1.82, 2.24) is 9.97 Å². The first kappa shape index (κ1) is 15.0. The number of hydrogen-bond donors (Lipinski definition) is 0. The number of halogens is 1. The molecule has 21 heavy (non-hydrogen) atoms. The third kappa shape index (κ3) is 3.59. The van der Waals surface area contributed by atoms with Gasteiger partial charge in [0.1, 0.15) is 5.15 Å². The summed E-state index contributed by atoms with van der Waals surface area (Å²) in [5, 5.41) is 20.3. The average molecular weight is 323 g/mol. The summed E-state index contributed by atoms with van der Waals surface area (Å²) in [6.45, 7) is 0. The minimum absolute atomic E-state index is 0.0270. The highest BCUT2D eigenvalue weighted by molar-refractivity contribution is 7.98. The molecule has 9 heteroatoms. The molecule has 106 valence electrons. The molecule has 7 nitrogen and oxygen atoms in total. The van der Waals surface area contributed by atoms with Crippen LogP contribution in [-0.4, -0.2) is 21.1 Å². The predicted molar refractivity (Wildman–Crippen MR) is 76.7 cm³/mol.